The van der Waals surface area contributed by atoms with Crippen LogP contribution in [0.3, 0.4) is 0 Å². The predicted octanol–water partition coefficient (Wildman–Crippen LogP) is 2.00. The van der Waals surface area contributed by atoms with Gasteiger partial charge in [-0.1, -0.05) is 12.1 Å². The van der Waals surface area contributed by atoms with E-state index in [1.807, 2.05) is 19.1 Å². The lowest BCUT2D eigenvalue weighted by Gasteiger charge is -2.35. The molecule has 1 heterocycles. The molecular formula is C11H13NO3S. The molecule has 86 valence electrons. The van der Waals surface area contributed by atoms with Crippen molar-refractivity contribution in [2.45, 2.75) is 11.8 Å². The zero-order chi connectivity index (χ0) is 11.8. The zero-order valence-corrected chi connectivity index (χ0v) is 9.99. The number of benzene rings is 1. The Hall–Kier alpha value is -1.01. The highest BCUT2D eigenvalue weighted by Gasteiger charge is 2.38. The summed E-state index contributed by atoms with van der Waals surface area (Å²) in [6, 6.07) is 7.12. The van der Waals surface area contributed by atoms with Gasteiger partial charge in [0.1, 0.15) is 7.05 Å². The standard InChI is InChI=1S/C11H13NO3S/c1-3-15-10-8-12(2,13)16(14)11-7-5-4-6-9(10)11/h4-8H,3H2,1-2H3. The van der Waals surface area contributed by atoms with Crippen LogP contribution in [0.25, 0.3) is 5.76 Å². The molecule has 1 aliphatic heterocycles. The lowest BCUT2D eigenvalue weighted by atomic mass is 10.2. The zero-order valence-electron chi connectivity index (χ0n) is 9.17. The van der Waals surface area contributed by atoms with Crippen molar-refractivity contribution in [3.8, 4) is 0 Å². The van der Waals surface area contributed by atoms with Gasteiger partial charge in [-0.2, -0.15) is 0 Å². The summed E-state index contributed by atoms with van der Waals surface area (Å²) in [5, 5.41) is 12.0. The van der Waals surface area contributed by atoms with E-state index in [1.54, 1.807) is 12.1 Å². The molecule has 0 saturated heterocycles. The quantitative estimate of drug-likeness (QED) is 0.450. The Morgan fingerprint density at radius 2 is 2.06 bits per heavy atom. The molecule has 0 fully saturated rings. The topological polar surface area (TPSA) is 55.3 Å². The number of hydroxylamine groups is 2. The van der Waals surface area contributed by atoms with Gasteiger partial charge in [-0.3, -0.25) is 0 Å². The molecule has 0 saturated carbocycles. The molecule has 4 nitrogen and oxygen atoms in total. The molecule has 2 atom stereocenters. The highest BCUT2D eigenvalue weighted by molar-refractivity contribution is 7.86. The van der Waals surface area contributed by atoms with Crippen molar-refractivity contribution in [2.24, 2.45) is 0 Å². The van der Waals surface area contributed by atoms with Crippen LogP contribution >= 0.6 is 0 Å². The van der Waals surface area contributed by atoms with E-state index >= 15 is 0 Å². The fraction of sp³-hybridized carbons (Fsp3) is 0.273. The molecular weight excluding hydrogens is 226 g/mol. The smallest absolute Gasteiger partial charge is 0.223 e. The summed E-state index contributed by atoms with van der Waals surface area (Å²) < 4.78 is 16.4. The molecule has 0 N–H and O–H groups in total. The van der Waals surface area contributed by atoms with Crippen LogP contribution < -0.4 is 0 Å². The SMILES string of the molecule is CCOC1=C[N+](C)([O-])[S+]([O-])c2ccccc21. The van der Waals surface area contributed by atoms with E-state index < -0.39 is 15.4 Å². The van der Waals surface area contributed by atoms with Crippen molar-refractivity contribution in [1.82, 2.24) is 0 Å². The molecule has 2 unspecified atom stereocenters. The first-order chi connectivity index (χ1) is 7.56. The summed E-state index contributed by atoms with van der Waals surface area (Å²) in [5.41, 5.74) is 0.745. The van der Waals surface area contributed by atoms with E-state index in [1.165, 1.54) is 13.2 Å². The molecule has 0 bridgehead atoms. The van der Waals surface area contributed by atoms with Crippen molar-refractivity contribution in [3.05, 3.63) is 41.2 Å². The Balaban J connectivity index is 2.54. The van der Waals surface area contributed by atoms with Gasteiger partial charge in [0.05, 0.1) is 12.2 Å². The molecule has 16 heavy (non-hydrogen) atoms. The lowest BCUT2D eigenvalue weighted by Crippen LogP contribution is -2.41. The fourth-order valence-corrected chi connectivity index (χ4v) is 2.75. The summed E-state index contributed by atoms with van der Waals surface area (Å²) in [6.45, 7) is 2.33. The van der Waals surface area contributed by atoms with Gasteiger partial charge in [-0.25, -0.2) is 0 Å². The third-order valence-electron chi connectivity index (χ3n) is 2.32. The van der Waals surface area contributed by atoms with Gasteiger partial charge in [-0.15, -0.1) is 4.05 Å². The van der Waals surface area contributed by atoms with E-state index in [2.05, 4.69) is 0 Å². The second-order valence-corrected chi connectivity index (χ2v) is 5.24. The van der Waals surface area contributed by atoms with Crippen LogP contribution in [0.1, 0.15) is 12.5 Å². The molecule has 2 rings (SSSR count). The minimum atomic E-state index is -1.62. The van der Waals surface area contributed by atoms with Crippen molar-refractivity contribution < 1.29 is 13.3 Å². The number of hydrogen-bond donors (Lipinski definition) is 0. The second kappa shape index (κ2) is 4.10. The summed E-state index contributed by atoms with van der Waals surface area (Å²) in [5.74, 6) is 0.509. The monoisotopic (exact) mass is 239 g/mol. The number of hydrogen-bond acceptors (Lipinski definition) is 3. The highest BCUT2D eigenvalue weighted by atomic mass is 32.2. The molecule has 0 spiro atoms. The molecule has 1 aromatic rings. The maximum absolute atomic E-state index is 12.0. The number of fused-ring (bicyclic) bond motifs is 1. The number of rotatable bonds is 2. The largest absolute Gasteiger partial charge is 0.582 e. The Labute approximate surface area is 97.6 Å². The Kier molecular flexibility index (Phi) is 2.94. The van der Waals surface area contributed by atoms with Crippen molar-refractivity contribution in [2.75, 3.05) is 13.7 Å². The maximum atomic E-state index is 12.0. The third-order valence-corrected chi connectivity index (χ3v) is 3.82. The van der Waals surface area contributed by atoms with Gasteiger partial charge in [0, 0.05) is 6.07 Å². The average molecular weight is 239 g/mol. The summed E-state index contributed by atoms with van der Waals surface area (Å²) in [4.78, 5) is 0.533. The van der Waals surface area contributed by atoms with E-state index in [0.29, 0.717) is 17.3 Å². The molecule has 0 aliphatic carbocycles. The Morgan fingerprint density at radius 1 is 1.38 bits per heavy atom. The van der Waals surface area contributed by atoms with E-state index in [9.17, 15) is 9.76 Å². The first-order valence-electron chi connectivity index (χ1n) is 5.01. The van der Waals surface area contributed by atoms with Crippen LogP contribution in [-0.4, -0.2) is 22.3 Å². The number of ether oxygens (including phenoxy) is 1. The predicted molar refractivity (Wildman–Crippen MR) is 62.0 cm³/mol. The summed E-state index contributed by atoms with van der Waals surface area (Å²) >= 11 is -1.62. The van der Waals surface area contributed by atoms with Gasteiger partial charge in [0.25, 0.3) is 0 Å². The molecule has 0 aromatic heterocycles. The van der Waals surface area contributed by atoms with Crippen LogP contribution in [-0.2, 0) is 16.1 Å². The third kappa shape index (κ3) is 1.82. The van der Waals surface area contributed by atoms with Crippen molar-refractivity contribution in [3.63, 3.8) is 0 Å². The minimum Gasteiger partial charge on any atom is -0.582 e. The molecule has 0 amide bonds. The summed E-state index contributed by atoms with van der Waals surface area (Å²) in [7, 11) is 1.35. The van der Waals surface area contributed by atoms with Crippen LogP contribution in [0.5, 0.6) is 0 Å². The average Bonchev–Trinajstić information content (AvgIpc) is 2.26. The second-order valence-electron chi connectivity index (χ2n) is 3.58. The van der Waals surface area contributed by atoms with Crippen molar-refractivity contribution >= 4 is 17.1 Å². The first-order valence-corrected chi connectivity index (χ1v) is 6.11. The normalized spacial score (nSPS) is 28.2. The van der Waals surface area contributed by atoms with E-state index in [0.717, 1.165) is 5.56 Å². The maximum Gasteiger partial charge on any atom is 0.223 e. The summed E-state index contributed by atoms with van der Waals surface area (Å²) in [6.07, 6.45) is 1.35. The van der Waals surface area contributed by atoms with Gasteiger partial charge in [0.2, 0.25) is 4.90 Å². The molecule has 0 radical (unpaired) electrons. The van der Waals surface area contributed by atoms with Gasteiger partial charge < -0.3 is 14.5 Å². The minimum absolute atomic E-state index is 0.479. The van der Waals surface area contributed by atoms with Crippen LogP contribution in [0.15, 0.2) is 35.4 Å². The highest BCUT2D eigenvalue weighted by Crippen LogP contribution is 2.35. The van der Waals surface area contributed by atoms with Crippen LogP contribution in [0, 0.1) is 5.21 Å². The van der Waals surface area contributed by atoms with E-state index in [4.69, 9.17) is 4.74 Å². The van der Waals surface area contributed by atoms with Crippen LogP contribution in [0.2, 0.25) is 0 Å². The molecule has 1 aliphatic rings. The van der Waals surface area contributed by atoms with Crippen LogP contribution in [0.4, 0.5) is 0 Å². The first kappa shape index (κ1) is 11.5. The van der Waals surface area contributed by atoms with E-state index in [-0.39, 0.29) is 0 Å². The number of quaternary nitrogens is 1. The van der Waals surface area contributed by atoms with Gasteiger partial charge >= 0.3 is 0 Å². The van der Waals surface area contributed by atoms with Crippen molar-refractivity contribution in [1.29, 1.82) is 0 Å². The number of nitrogens with zero attached hydrogens (tertiary/aromatic N) is 1. The Bertz CT molecular complexity index is 431. The Morgan fingerprint density at radius 3 is 2.75 bits per heavy atom. The molecule has 5 heteroatoms. The van der Waals surface area contributed by atoms with Gasteiger partial charge in [-0.05, 0) is 13.0 Å². The lowest BCUT2D eigenvalue weighted by molar-refractivity contribution is -0.669. The fourth-order valence-electron chi connectivity index (χ4n) is 1.62. The van der Waals surface area contributed by atoms with Gasteiger partial charge in [0.15, 0.2) is 23.3 Å². The molecule has 1 aromatic carbocycles.